The van der Waals surface area contributed by atoms with E-state index in [2.05, 4.69) is 0 Å². The minimum Gasteiger partial charge on any atom is -0.320 e. The Hall–Kier alpha value is -1.40. The van der Waals surface area contributed by atoms with Gasteiger partial charge in [-0.3, -0.25) is 4.79 Å². The van der Waals surface area contributed by atoms with Gasteiger partial charge >= 0.3 is 0 Å². The average Bonchev–Trinajstić information content (AvgIpc) is 2.30. The van der Waals surface area contributed by atoms with Crippen molar-refractivity contribution in [2.24, 2.45) is 5.73 Å². The summed E-state index contributed by atoms with van der Waals surface area (Å²) in [6.07, 6.45) is 1.18. The molecule has 0 fully saturated rings. The second kappa shape index (κ2) is 5.79. The van der Waals surface area contributed by atoms with Gasteiger partial charge in [0.25, 0.3) is 15.9 Å². The summed E-state index contributed by atoms with van der Waals surface area (Å²) in [5.74, 6) is -0.671. The van der Waals surface area contributed by atoms with Crippen LogP contribution < -0.4 is 10.5 Å². The summed E-state index contributed by atoms with van der Waals surface area (Å²) in [5, 5.41) is 0. The van der Waals surface area contributed by atoms with Crippen molar-refractivity contribution in [3.8, 4) is 0 Å². The summed E-state index contributed by atoms with van der Waals surface area (Å²) >= 11 is 0. The van der Waals surface area contributed by atoms with E-state index in [1.54, 1.807) is 18.2 Å². The number of hydrogen-bond acceptors (Lipinski definition) is 4. The third-order valence-electron chi connectivity index (χ3n) is 2.22. The van der Waals surface area contributed by atoms with Gasteiger partial charge in [-0.25, -0.2) is 13.1 Å². The Labute approximate surface area is 101 Å². The van der Waals surface area contributed by atoms with Gasteiger partial charge in [0.1, 0.15) is 0 Å². The lowest BCUT2D eigenvalue weighted by atomic mass is 10.2. The van der Waals surface area contributed by atoms with E-state index in [4.69, 9.17) is 5.73 Å². The fraction of sp³-hybridized carbons (Fsp3) is 0.364. The van der Waals surface area contributed by atoms with E-state index >= 15 is 0 Å². The molecule has 1 rings (SSSR count). The van der Waals surface area contributed by atoms with Crippen LogP contribution >= 0.6 is 0 Å². The molecule has 0 aromatic heterocycles. The van der Waals surface area contributed by atoms with E-state index in [1.807, 2.05) is 11.6 Å². The molecule has 0 spiro atoms. The van der Waals surface area contributed by atoms with Gasteiger partial charge in [0.05, 0.1) is 10.9 Å². The standard InChI is InChI=1S/C11H16N2O3S/c1-2-6-10(12)11(14)13-17(15,16)9-7-4-3-5-8-9/h3-5,7-8,10H,2,6,12H2,1H3,(H,13,14)/t10-/m0/s1. The Morgan fingerprint density at radius 1 is 1.35 bits per heavy atom. The maximum Gasteiger partial charge on any atom is 0.264 e. The molecule has 1 amide bonds. The summed E-state index contributed by atoms with van der Waals surface area (Å²) < 4.78 is 25.5. The molecule has 0 aliphatic heterocycles. The summed E-state index contributed by atoms with van der Waals surface area (Å²) in [6, 6.07) is 6.92. The zero-order valence-electron chi connectivity index (χ0n) is 9.59. The van der Waals surface area contributed by atoms with Crippen LogP contribution in [-0.4, -0.2) is 20.4 Å². The molecular formula is C11H16N2O3S. The Bertz CT molecular complexity index is 471. The van der Waals surface area contributed by atoms with Crippen LogP contribution in [0, 0.1) is 0 Å². The minimum absolute atomic E-state index is 0.0528. The molecule has 0 heterocycles. The summed E-state index contributed by atoms with van der Waals surface area (Å²) in [5.41, 5.74) is 5.54. The van der Waals surface area contributed by atoms with Gasteiger partial charge in [-0.1, -0.05) is 31.5 Å². The van der Waals surface area contributed by atoms with E-state index in [1.165, 1.54) is 12.1 Å². The van der Waals surface area contributed by atoms with Gasteiger partial charge in [-0.05, 0) is 18.6 Å². The van der Waals surface area contributed by atoms with Crippen LogP contribution in [-0.2, 0) is 14.8 Å². The van der Waals surface area contributed by atoms with Crippen LogP contribution in [0.15, 0.2) is 35.2 Å². The molecule has 0 radical (unpaired) electrons. The van der Waals surface area contributed by atoms with Crippen LogP contribution in [0.4, 0.5) is 0 Å². The maximum absolute atomic E-state index is 11.8. The Balaban J connectivity index is 2.78. The second-order valence-electron chi connectivity index (χ2n) is 3.68. The topological polar surface area (TPSA) is 89.3 Å². The first-order chi connectivity index (χ1) is 7.97. The van der Waals surface area contributed by atoms with Crippen LogP contribution in [0.2, 0.25) is 0 Å². The first kappa shape index (κ1) is 13.7. The van der Waals surface area contributed by atoms with Crippen molar-refractivity contribution in [3.63, 3.8) is 0 Å². The summed E-state index contributed by atoms with van der Waals surface area (Å²) in [7, 11) is -3.80. The number of carbonyl (C=O) groups is 1. The number of benzene rings is 1. The Kier molecular flexibility index (Phi) is 4.65. The number of nitrogens with one attached hydrogen (secondary N) is 1. The second-order valence-corrected chi connectivity index (χ2v) is 5.36. The highest BCUT2D eigenvalue weighted by atomic mass is 32.2. The fourth-order valence-corrected chi connectivity index (χ4v) is 2.36. The van der Waals surface area contributed by atoms with Gasteiger partial charge in [0.15, 0.2) is 0 Å². The molecule has 1 atom stereocenters. The molecule has 6 heteroatoms. The van der Waals surface area contributed by atoms with E-state index in [0.717, 1.165) is 6.42 Å². The normalized spacial score (nSPS) is 13.1. The zero-order chi connectivity index (χ0) is 12.9. The largest absolute Gasteiger partial charge is 0.320 e. The molecule has 0 saturated heterocycles. The molecule has 0 saturated carbocycles. The molecule has 1 aromatic carbocycles. The molecule has 17 heavy (non-hydrogen) atoms. The first-order valence-electron chi connectivity index (χ1n) is 5.34. The summed E-state index contributed by atoms with van der Waals surface area (Å²) in [6.45, 7) is 1.87. The number of carbonyl (C=O) groups excluding carboxylic acids is 1. The van der Waals surface area contributed by atoms with Gasteiger partial charge in [0.2, 0.25) is 0 Å². The lowest BCUT2D eigenvalue weighted by Crippen LogP contribution is -2.43. The number of rotatable bonds is 5. The zero-order valence-corrected chi connectivity index (χ0v) is 10.4. The van der Waals surface area contributed by atoms with Gasteiger partial charge in [-0.15, -0.1) is 0 Å². The van der Waals surface area contributed by atoms with Gasteiger partial charge < -0.3 is 5.73 Å². The van der Waals surface area contributed by atoms with E-state index in [-0.39, 0.29) is 4.90 Å². The van der Waals surface area contributed by atoms with Crippen molar-refractivity contribution in [2.75, 3.05) is 0 Å². The molecule has 94 valence electrons. The van der Waals surface area contributed by atoms with Crippen molar-refractivity contribution >= 4 is 15.9 Å². The van der Waals surface area contributed by atoms with Crippen LogP contribution in [0.5, 0.6) is 0 Å². The highest BCUT2D eigenvalue weighted by Gasteiger charge is 2.20. The molecule has 0 aliphatic rings. The molecule has 1 aromatic rings. The summed E-state index contributed by atoms with van der Waals surface area (Å²) in [4.78, 5) is 11.6. The van der Waals surface area contributed by atoms with Crippen LogP contribution in [0.25, 0.3) is 0 Å². The fourth-order valence-electron chi connectivity index (χ4n) is 1.31. The van der Waals surface area contributed by atoms with Crippen LogP contribution in [0.1, 0.15) is 19.8 Å². The smallest absolute Gasteiger partial charge is 0.264 e. The SMILES string of the molecule is CCC[C@H](N)C(=O)NS(=O)(=O)c1ccccc1. The van der Waals surface area contributed by atoms with Crippen LogP contribution in [0.3, 0.4) is 0 Å². The third kappa shape index (κ3) is 3.83. The average molecular weight is 256 g/mol. The highest BCUT2D eigenvalue weighted by Crippen LogP contribution is 2.07. The number of amides is 1. The highest BCUT2D eigenvalue weighted by molar-refractivity contribution is 7.90. The lowest BCUT2D eigenvalue weighted by molar-refractivity contribution is -0.120. The third-order valence-corrected chi connectivity index (χ3v) is 3.59. The van der Waals surface area contributed by atoms with Gasteiger partial charge in [0, 0.05) is 0 Å². The van der Waals surface area contributed by atoms with Crippen molar-refractivity contribution in [2.45, 2.75) is 30.7 Å². The Morgan fingerprint density at radius 2 is 1.94 bits per heavy atom. The molecule has 0 unspecified atom stereocenters. The molecular weight excluding hydrogens is 240 g/mol. The monoisotopic (exact) mass is 256 g/mol. The van der Waals surface area contributed by atoms with Gasteiger partial charge in [-0.2, -0.15) is 0 Å². The molecule has 0 aliphatic carbocycles. The first-order valence-corrected chi connectivity index (χ1v) is 6.83. The predicted molar refractivity (Wildman–Crippen MR) is 64.7 cm³/mol. The number of nitrogens with two attached hydrogens (primary N) is 1. The number of sulfonamides is 1. The van der Waals surface area contributed by atoms with E-state index in [0.29, 0.717) is 6.42 Å². The Morgan fingerprint density at radius 3 is 2.47 bits per heavy atom. The quantitative estimate of drug-likeness (QED) is 0.808. The molecule has 5 nitrogen and oxygen atoms in total. The van der Waals surface area contributed by atoms with Crippen molar-refractivity contribution in [3.05, 3.63) is 30.3 Å². The molecule has 3 N–H and O–H groups in total. The van der Waals surface area contributed by atoms with E-state index in [9.17, 15) is 13.2 Å². The van der Waals surface area contributed by atoms with Crippen molar-refractivity contribution in [1.82, 2.24) is 4.72 Å². The van der Waals surface area contributed by atoms with Crippen molar-refractivity contribution < 1.29 is 13.2 Å². The number of hydrogen-bond donors (Lipinski definition) is 2. The van der Waals surface area contributed by atoms with E-state index < -0.39 is 22.0 Å². The minimum atomic E-state index is -3.80. The van der Waals surface area contributed by atoms with Crippen molar-refractivity contribution in [1.29, 1.82) is 0 Å². The predicted octanol–water partition coefficient (Wildman–Crippen LogP) is 0.619. The molecule has 0 bridgehead atoms. The lowest BCUT2D eigenvalue weighted by Gasteiger charge is -2.11. The maximum atomic E-state index is 11.8.